The van der Waals surface area contributed by atoms with Crippen molar-refractivity contribution in [1.82, 2.24) is 14.7 Å². The van der Waals surface area contributed by atoms with Gasteiger partial charge in [0.1, 0.15) is 12.4 Å². The van der Waals surface area contributed by atoms with E-state index in [1.807, 2.05) is 45.0 Å². The number of hydrogen-bond acceptors (Lipinski definition) is 4. The molecule has 0 saturated carbocycles. The summed E-state index contributed by atoms with van der Waals surface area (Å²) in [6.07, 6.45) is 0.592. The zero-order valence-corrected chi connectivity index (χ0v) is 21.9. The van der Waals surface area contributed by atoms with E-state index in [0.29, 0.717) is 46.7 Å². The third-order valence-corrected chi connectivity index (χ3v) is 5.89. The zero-order chi connectivity index (χ0) is 25.6. The van der Waals surface area contributed by atoms with E-state index in [2.05, 4.69) is 5.32 Å². The first-order valence-electron chi connectivity index (χ1n) is 11.3. The van der Waals surface area contributed by atoms with E-state index >= 15 is 0 Å². The van der Waals surface area contributed by atoms with E-state index in [4.69, 9.17) is 33.0 Å². The van der Waals surface area contributed by atoms with Gasteiger partial charge in [0.25, 0.3) is 5.91 Å². The molecule has 2 amide bonds. The van der Waals surface area contributed by atoms with E-state index in [0.717, 1.165) is 5.69 Å². The molecular weight excluding hydrogens is 487 g/mol. The molecule has 0 aliphatic heterocycles. The Balaban J connectivity index is 1.86. The van der Waals surface area contributed by atoms with Crippen LogP contribution in [0.1, 0.15) is 43.2 Å². The number of anilines is 1. The molecule has 0 spiro atoms. The minimum atomic E-state index is -0.349. The molecule has 1 aromatic heterocycles. The van der Waals surface area contributed by atoms with Crippen molar-refractivity contribution >= 4 is 40.8 Å². The number of carbonyl (C=O) groups excluding carboxylic acids is 2. The summed E-state index contributed by atoms with van der Waals surface area (Å²) in [6, 6.07) is 15.7. The summed E-state index contributed by atoms with van der Waals surface area (Å²) in [5.74, 6) is -0.134. The van der Waals surface area contributed by atoms with Crippen molar-refractivity contribution < 1.29 is 14.3 Å². The van der Waals surface area contributed by atoms with Gasteiger partial charge in [0.2, 0.25) is 5.91 Å². The molecule has 1 N–H and O–H groups in total. The number of rotatable bonds is 9. The van der Waals surface area contributed by atoms with Crippen LogP contribution in [0.2, 0.25) is 10.0 Å². The van der Waals surface area contributed by atoms with Crippen molar-refractivity contribution in [3.05, 3.63) is 75.9 Å². The number of amides is 2. The third-order valence-electron chi connectivity index (χ3n) is 5.32. The Hall–Kier alpha value is -2.87. The van der Waals surface area contributed by atoms with Crippen molar-refractivity contribution in [3.63, 3.8) is 0 Å². The summed E-state index contributed by atoms with van der Waals surface area (Å²) < 4.78 is 6.75. The van der Waals surface area contributed by atoms with Crippen LogP contribution in [0.3, 0.4) is 0 Å². The molecule has 1 heterocycles. The number of ether oxygens (including phenoxy) is 1. The van der Waals surface area contributed by atoms with Crippen LogP contribution < -0.4 is 5.32 Å². The van der Waals surface area contributed by atoms with Gasteiger partial charge in [-0.1, -0.05) is 56.1 Å². The third kappa shape index (κ3) is 7.07. The summed E-state index contributed by atoms with van der Waals surface area (Å²) >= 11 is 12.4. The van der Waals surface area contributed by atoms with Crippen LogP contribution in [0.4, 0.5) is 5.82 Å². The van der Waals surface area contributed by atoms with Crippen LogP contribution in [-0.4, -0.2) is 53.3 Å². The predicted molar refractivity (Wildman–Crippen MR) is 140 cm³/mol. The Morgan fingerprint density at radius 3 is 2.40 bits per heavy atom. The lowest BCUT2D eigenvalue weighted by atomic mass is 9.92. The first-order valence-corrected chi connectivity index (χ1v) is 12.0. The van der Waals surface area contributed by atoms with E-state index in [9.17, 15) is 9.59 Å². The fourth-order valence-corrected chi connectivity index (χ4v) is 3.77. The molecular formula is C26H30Cl2N4O3. The minimum absolute atomic E-state index is 0.135. The second kappa shape index (κ2) is 11.7. The lowest BCUT2D eigenvalue weighted by molar-refractivity contribution is -0.117. The molecule has 0 aliphatic rings. The van der Waals surface area contributed by atoms with Gasteiger partial charge >= 0.3 is 0 Å². The zero-order valence-electron chi connectivity index (χ0n) is 20.3. The van der Waals surface area contributed by atoms with E-state index in [-0.39, 0.29) is 23.8 Å². The average Bonchev–Trinajstić information content (AvgIpc) is 3.23. The van der Waals surface area contributed by atoms with Gasteiger partial charge in [-0.25, -0.2) is 4.68 Å². The molecule has 7 nitrogen and oxygen atoms in total. The summed E-state index contributed by atoms with van der Waals surface area (Å²) in [5, 5.41) is 8.67. The Kier molecular flexibility index (Phi) is 8.94. The number of hydrogen-bond donors (Lipinski definition) is 1. The minimum Gasteiger partial charge on any atom is -0.385 e. The molecule has 0 atom stereocenters. The maximum Gasteiger partial charge on any atom is 0.254 e. The molecule has 0 unspecified atom stereocenters. The molecule has 3 rings (SSSR count). The largest absolute Gasteiger partial charge is 0.385 e. The van der Waals surface area contributed by atoms with Crippen LogP contribution in [0, 0.1) is 0 Å². The standard InChI is InChI=1S/C26H30Cl2N4O3/c1-26(2,3)22-16-23(32(30-22)21-9-6-5-8-20(21)28)29-24(33)17-31(14-7-15-35-4)25(34)18-10-12-19(27)13-11-18/h5-6,8-13,16H,7,14-15,17H2,1-4H3,(H,29,33). The van der Waals surface area contributed by atoms with Crippen molar-refractivity contribution in [3.8, 4) is 5.69 Å². The van der Waals surface area contributed by atoms with Crippen molar-refractivity contribution in [2.45, 2.75) is 32.6 Å². The van der Waals surface area contributed by atoms with Gasteiger partial charge in [-0.15, -0.1) is 0 Å². The number of aromatic nitrogens is 2. The highest BCUT2D eigenvalue weighted by atomic mass is 35.5. The molecule has 9 heteroatoms. The number of nitrogens with one attached hydrogen (secondary N) is 1. The van der Waals surface area contributed by atoms with Gasteiger partial charge in [0.05, 0.1) is 16.4 Å². The lowest BCUT2D eigenvalue weighted by Crippen LogP contribution is -2.39. The first-order chi connectivity index (χ1) is 16.6. The number of carbonyl (C=O) groups is 2. The highest BCUT2D eigenvalue weighted by Gasteiger charge is 2.24. The fraction of sp³-hybridized carbons (Fsp3) is 0.346. The second-order valence-corrected chi connectivity index (χ2v) is 10.00. The lowest BCUT2D eigenvalue weighted by Gasteiger charge is -2.22. The van der Waals surface area contributed by atoms with E-state index in [1.54, 1.807) is 42.1 Å². The molecule has 35 heavy (non-hydrogen) atoms. The summed E-state index contributed by atoms with van der Waals surface area (Å²) in [7, 11) is 1.60. The van der Waals surface area contributed by atoms with Crippen LogP contribution in [-0.2, 0) is 14.9 Å². The summed E-state index contributed by atoms with van der Waals surface area (Å²) in [5.41, 5.74) is 1.65. The van der Waals surface area contributed by atoms with Gasteiger partial charge in [0, 0.05) is 42.3 Å². The maximum atomic E-state index is 13.1. The number of benzene rings is 2. The summed E-state index contributed by atoms with van der Waals surface area (Å²) in [6.45, 7) is 6.82. The van der Waals surface area contributed by atoms with Gasteiger partial charge in [-0.05, 0) is 42.8 Å². The monoisotopic (exact) mass is 516 g/mol. The first kappa shape index (κ1) is 26.7. The molecule has 0 bridgehead atoms. The number of methoxy groups -OCH3 is 1. The quantitative estimate of drug-likeness (QED) is 0.376. The van der Waals surface area contributed by atoms with Crippen molar-refractivity contribution in [2.24, 2.45) is 0 Å². The van der Waals surface area contributed by atoms with Gasteiger partial charge in [0.15, 0.2) is 0 Å². The topological polar surface area (TPSA) is 76.5 Å². The number of para-hydroxylation sites is 1. The Bertz CT molecular complexity index is 1170. The molecule has 0 fully saturated rings. The Morgan fingerprint density at radius 2 is 1.77 bits per heavy atom. The number of halogens is 2. The molecule has 0 saturated heterocycles. The second-order valence-electron chi connectivity index (χ2n) is 9.16. The Morgan fingerprint density at radius 1 is 1.09 bits per heavy atom. The van der Waals surface area contributed by atoms with E-state index in [1.165, 1.54) is 4.90 Å². The van der Waals surface area contributed by atoms with Crippen LogP contribution in [0.5, 0.6) is 0 Å². The van der Waals surface area contributed by atoms with Crippen LogP contribution in [0.15, 0.2) is 54.6 Å². The molecule has 3 aromatic rings. The molecule has 2 aromatic carbocycles. The Labute approximate surface area is 216 Å². The summed E-state index contributed by atoms with van der Waals surface area (Å²) in [4.78, 5) is 27.8. The highest BCUT2D eigenvalue weighted by Crippen LogP contribution is 2.29. The molecule has 186 valence electrons. The number of nitrogens with zero attached hydrogens (tertiary/aromatic N) is 3. The van der Waals surface area contributed by atoms with Crippen LogP contribution in [0.25, 0.3) is 5.69 Å². The molecule has 0 radical (unpaired) electrons. The average molecular weight is 517 g/mol. The van der Waals surface area contributed by atoms with Crippen molar-refractivity contribution in [2.75, 3.05) is 32.1 Å². The highest BCUT2D eigenvalue weighted by molar-refractivity contribution is 6.32. The van der Waals surface area contributed by atoms with Crippen LogP contribution >= 0.6 is 23.2 Å². The van der Waals surface area contributed by atoms with E-state index < -0.39 is 0 Å². The SMILES string of the molecule is COCCCN(CC(=O)Nc1cc(C(C)(C)C)nn1-c1ccccc1Cl)C(=O)c1ccc(Cl)cc1. The van der Waals surface area contributed by atoms with Gasteiger partial charge in [-0.3, -0.25) is 9.59 Å². The van der Waals surface area contributed by atoms with Gasteiger partial charge < -0.3 is 15.0 Å². The van der Waals surface area contributed by atoms with Gasteiger partial charge in [-0.2, -0.15) is 5.10 Å². The molecule has 0 aliphatic carbocycles. The maximum absolute atomic E-state index is 13.1. The predicted octanol–water partition coefficient (Wildman–Crippen LogP) is 5.59. The normalized spacial score (nSPS) is 11.4. The smallest absolute Gasteiger partial charge is 0.254 e. The fourth-order valence-electron chi connectivity index (χ4n) is 3.43. The van der Waals surface area contributed by atoms with Crippen molar-refractivity contribution in [1.29, 1.82) is 0 Å².